The van der Waals surface area contributed by atoms with Crippen LogP contribution in [0.2, 0.25) is 0 Å². The first-order chi connectivity index (χ1) is 9.02. The molecule has 0 aromatic heterocycles. The van der Waals surface area contributed by atoms with Crippen LogP contribution in [0.15, 0.2) is 24.3 Å². The predicted octanol–water partition coefficient (Wildman–Crippen LogP) is 2.13. The minimum absolute atomic E-state index is 0.150. The molecule has 1 saturated heterocycles. The van der Waals surface area contributed by atoms with E-state index < -0.39 is 12.0 Å². The molecule has 2 atom stereocenters. The number of carboxylic acid groups (broad SMARTS) is 1. The molecule has 19 heavy (non-hydrogen) atoms. The fourth-order valence-corrected chi connectivity index (χ4v) is 3.40. The van der Waals surface area contributed by atoms with Crippen LogP contribution in [0.5, 0.6) is 5.75 Å². The molecule has 1 heterocycles. The monoisotopic (exact) mass is 281 g/mol. The van der Waals surface area contributed by atoms with Gasteiger partial charge >= 0.3 is 5.97 Å². The van der Waals surface area contributed by atoms with Crippen LogP contribution >= 0.6 is 11.8 Å². The first-order valence-electron chi connectivity index (χ1n) is 6.30. The van der Waals surface area contributed by atoms with Gasteiger partial charge in [0.1, 0.15) is 11.8 Å². The summed E-state index contributed by atoms with van der Waals surface area (Å²) >= 11 is 1.69. The maximum absolute atomic E-state index is 10.9. The summed E-state index contributed by atoms with van der Waals surface area (Å²) in [5.41, 5.74) is 1.24. The summed E-state index contributed by atoms with van der Waals surface area (Å²) in [7, 11) is 1.65. The average molecular weight is 281 g/mol. The van der Waals surface area contributed by atoms with Crippen molar-refractivity contribution in [1.29, 1.82) is 0 Å². The van der Waals surface area contributed by atoms with Crippen LogP contribution in [0.25, 0.3) is 0 Å². The minimum atomic E-state index is -0.763. The lowest BCUT2D eigenvalue weighted by atomic mass is 10.1. The smallest absolute Gasteiger partial charge is 0.321 e. The zero-order chi connectivity index (χ0) is 13.9. The Hall–Kier alpha value is -1.20. The third-order valence-corrected chi connectivity index (χ3v) is 4.86. The lowest BCUT2D eigenvalue weighted by Crippen LogP contribution is -2.43. The minimum Gasteiger partial charge on any atom is -0.497 e. The molecule has 1 aromatic rings. The van der Waals surface area contributed by atoms with Crippen molar-refractivity contribution < 1.29 is 14.6 Å². The number of carboxylic acids is 1. The third-order valence-electron chi connectivity index (χ3n) is 3.40. The van der Waals surface area contributed by atoms with Gasteiger partial charge in [-0.1, -0.05) is 12.1 Å². The summed E-state index contributed by atoms with van der Waals surface area (Å²) in [4.78, 5) is 10.8. The van der Waals surface area contributed by atoms with E-state index in [1.165, 1.54) is 5.56 Å². The van der Waals surface area contributed by atoms with Crippen molar-refractivity contribution in [2.75, 3.05) is 12.9 Å². The Morgan fingerprint density at radius 3 is 2.74 bits per heavy atom. The second kappa shape index (κ2) is 5.84. The predicted molar refractivity (Wildman–Crippen MR) is 76.7 cm³/mol. The Kier molecular flexibility index (Phi) is 4.37. The molecule has 0 saturated carbocycles. The number of thioether (sulfide) groups is 1. The molecule has 1 aliphatic heterocycles. The lowest BCUT2D eigenvalue weighted by molar-refractivity contribution is -0.138. The second-order valence-electron chi connectivity index (χ2n) is 4.93. The van der Waals surface area contributed by atoms with Crippen LogP contribution in [0.1, 0.15) is 18.9 Å². The van der Waals surface area contributed by atoms with E-state index in [4.69, 9.17) is 9.84 Å². The van der Waals surface area contributed by atoms with Gasteiger partial charge < -0.3 is 9.84 Å². The van der Waals surface area contributed by atoms with Crippen LogP contribution in [0.4, 0.5) is 0 Å². The number of rotatable bonds is 5. The number of ether oxygens (including phenoxy) is 1. The van der Waals surface area contributed by atoms with Crippen molar-refractivity contribution in [3.05, 3.63) is 29.8 Å². The van der Waals surface area contributed by atoms with Crippen molar-refractivity contribution >= 4 is 17.7 Å². The molecule has 5 heteroatoms. The number of hydrogen-bond acceptors (Lipinski definition) is 4. The van der Waals surface area contributed by atoms with Gasteiger partial charge in [-0.25, -0.2) is 0 Å². The highest BCUT2D eigenvalue weighted by molar-refractivity contribution is 8.00. The summed E-state index contributed by atoms with van der Waals surface area (Å²) in [5, 5.41) is 12.2. The van der Waals surface area contributed by atoms with Gasteiger partial charge in [-0.05, 0) is 37.5 Å². The van der Waals surface area contributed by atoms with Gasteiger partial charge in [0.2, 0.25) is 0 Å². The largest absolute Gasteiger partial charge is 0.497 e. The summed E-state index contributed by atoms with van der Waals surface area (Å²) in [6, 6.07) is 7.58. The summed E-state index contributed by atoms with van der Waals surface area (Å²) in [6.07, 6.45) is 1.83. The Morgan fingerprint density at radius 1 is 1.53 bits per heavy atom. The molecule has 0 bridgehead atoms. The normalized spacial score (nSPS) is 26.3. The van der Waals surface area contributed by atoms with E-state index in [1.54, 1.807) is 18.9 Å². The maximum Gasteiger partial charge on any atom is 0.321 e. The number of methoxy groups -OCH3 is 1. The molecular formula is C14H19NO3S. The Bertz CT molecular complexity index is 449. The first kappa shape index (κ1) is 14.2. The lowest BCUT2D eigenvalue weighted by Gasteiger charge is -2.24. The zero-order valence-corrected chi connectivity index (χ0v) is 12.0. The third kappa shape index (κ3) is 3.64. The molecule has 1 aromatic carbocycles. The van der Waals surface area contributed by atoms with Gasteiger partial charge in [0.15, 0.2) is 0 Å². The molecule has 0 spiro atoms. The van der Waals surface area contributed by atoms with Gasteiger partial charge in [0, 0.05) is 5.75 Å². The molecule has 104 valence electrons. The molecule has 1 fully saturated rings. The Balaban J connectivity index is 1.89. The Labute approximate surface area is 117 Å². The number of benzene rings is 1. The van der Waals surface area contributed by atoms with Crippen molar-refractivity contribution in [1.82, 2.24) is 5.32 Å². The maximum atomic E-state index is 10.9. The molecule has 4 nitrogen and oxygen atoms in total. The van der Waals surface area contributed by atoms with Crippen LogP contribution < -0.4 is 10.1 Å². The highest BCUT2D eigenvalue weighted by Gasteiger charge is 2.37. The van der Waals surface area contributed by atoms with Crippen LogP contribution in [0.3, 0.4) is 0 Å². The number of hydrogen-bond donors (Lipinski definition) is 2. The van der Waals surface area contributed by atoms with Crippen LogP contribution in [-0.2, 0) is 11.2 Å². The zero-order valence-electron chi connectivity index (χ0n) is 11.2. The van der Waals surface area contributed by atoms with Crippen molar-refractivity contribution in [2.45, 2.75) is 30.7 Å². The molecule has 1 aliphatic rings. The van der Waals surface area contributed by atoms with E-state index in [1.807, 2.05) is 12.1 Å². The van der Waals surface area contributed by atoms with Gasteiger partial charge in [-0.15, -0.1) is 11.8 Å². The number of nitrogens with one attached hydrogen (secondary N) is 1. The van der Waals surface area contributed by atoms with Crippen LogP contribution in [-0.4, -0.2) is 34.9 Å². The van der Waals surface area contributed by atoms with Crippen molar-refractivity contribution in [3.63, 3.8) is 0 Å². The topological polar surface area (TPSA) is 58.6 Å². The van der Waals surface area contributed by atoms with E-state index in [-0.39, 0.29) is 4.87 Å². The van der Waals surface area contributed by atoms with Gasteiger partial charge in [0.05, 0.1) is 12.0 Å². The molecule has 0 aliphatic carbocycles. The number of carbonyl (C=O) groups is 1. The van der Waals surface area contributed by atoms with Gasteiger partial charge in [0.25, 0.3) is 0 Å². The number of aliphatic carboxylic acids is 1. The quantitative estimate of drug-likeness (QED) is 0.866. The van der Waals surface area contributed by atoms with Crippen molar-refractivity contribution in [2.24, 2.45) is 0 Å². The summed E-state index contributed by atoms with van der Waals surface area (Å²) < 4.78 is 5.13. The highest BCUT2D eigenvalue weighted by atomic mass is 32.2. The van der Waals surface area contributed by atoms with E-state index in [9.17, 15) is 4.79 Å². The fraction of sp³-hybridized carbons (Fsp3) is 0.500. The second-order valence-corrected chi connectivity index (χ2v) is 6.45. The number of aryl methyl sites for hydroxylation is 1. The molecule has 0 radical (unpaired) electrons. The Morgan fingerprint density at radius 2 is 2.21 bits per heavy atom. The molecule has 2 N–H and O–H groups in total. The molecule has 1 unspecified atom stereocenters. The van der Waals surface area contributed by atoms with Gasteiger partial charge in [-0.2, -0.15) is 0 Å². The van der Waals surface area contributed by atoms with E-state index >= 15 is 0 Å². The SMILES string of the molecule is COc1ccc(CCC2(C)N[C@@H](C(=O)O)CS2)cc1. The van der Waals surface area contributed by atoms with Gasteiger partial charge in [-0.3, -0.25) is 10.1 Å². The summed E-state index contributed by atoms with van der Waals surface area (Å²) in [6.45, 7) is 2.07. The molecular weight excluding hydrogens is 262 g/mol. The van der Waals surface area contributed by atoms with E-state index in [0.29, 0.717) is 5.75 Å². The highest BCUT2D eigenvalue weighted by Crippen LogP contribution is 2.34. The van der Waals surface area contributed by atoms with Crippen LogP contribution in [0, 0.1) is 0 Å². The first-order valence-corrected chi connectivity index (χ1v) is 7.28. The fourth-order valence-electron chi connectivity index (χ4n) is 2.17. The van der Waals surface area contributed by atoms with Crippen molar-refractivity contribution in [3.8, 4) is 5.75 Å². The summed E-state index contributed by atoms with van der Waals surface area (Å²) in [5.74, 6) is 0.726. The standard InChI is InChI=1S/C14H19NO3S/c1-14(15-12(9-19-14)13(16)17)8-7-10-3-5-11(18-2)6-4-10/h3-6,12,15H,7-9H2,1-2H3,(H,16,17)/t12-,14?/m1/s1. The molecule has 2 rings (SSSR count). The average Bonchev–Trinajstić information content (AvgIpc) is 2.81. The van der Waals surface area contributed by atoms with E-state index in [0.717, 1.165) is 18.6 Å². The van der Waals surface area contributed by atoms with E-state index in [2.05, 4.69) is 24.4 Å². The molecule has 0 amide bonds.